The molecule has 0 aliphatic heterocycles. The Morgan fingerprint density at radius 2 is 0.750 bits per heavy atom. The van der Waals surface area contributed by atoms with Gasteiger partial charge in [-0.15, -0.1) is 0 Å². The van der Waals surface area contributed by atoms with Gasteiger partial charge in [0.25, 0.3) is 0 Å². The Hall–Kier alpha value is -7.94. The second kappa shape index (κ2) is 15.1. The predicted octanol–water partition coefficient (Wildman–Crippen LogP) is 16.5. The zero-order valence-electron chi connectivity index (χ0n) is 32.9. The van der Waals surface area contributed by atoms with E-state index in [0.29, 0.717) is 0 Å². The summed E-state index contributed by atoms with van der Waals surface area (Å²) in [5, 5.41) is 4.70. The van der Waals surface area contributed by atoms with Crippen molar-refractivity contribution >= 4 is 49.8 Å². The van der Waals surface area contributed by atoms with Crippen LogP contribution >= 0.6 is 0 Å². The Labute approximate surface area is 349 Å². The zero-order valence-corrected chi connectivity index (χ0v) is 32.9. The number of furan rings is 1. The number of hydrogen-bond donors (Lipinski definition) is 0. The van der Waals surface area contributed by atoms with Gasteiger partial charge in [-0.2, -0.15) is 0 Å². The van der Waals surface area contributed by atoms with Crippen LogP contribution in [0, 0.1) is 0 Å². The van der Waals surface area contributed by atoms with E-state index in [1.165, 1.54) is 38.6 Å². The van der Waals surface area contributed by atoms with Gasteiger partial charge in [-0.25, -0.2) is 0 Å². The number of rotatable bonds is 8. The fourth-order valence-corrected chi connectivity index (χ4v) is 8.88. The molecule has 0 unspecified atom stereocenters. The molecule has 0 saturated carbocycles. The van der Waals surface area contributed by atoms with E-state index in [4.69, 9.17) is 4.42 Å². The monoisotopic (exact) mass is 765 g/mol. The summed E-state index contributed by atoms with van der Waals surface area (Å²) in [6, 6.07) is 84.9. The first-order valence-corrected chi connectivity index (χ1v) is 20.5. The molecule has 0 fully saturated rings. The van der Waals surface area contributed by atoms with Gasteiger partial charge in [-0.1, -0.05) is 206 Å². The topological polar surface area (TPSA) is 16.4 Å². The van der Waals surface area contributed by atoms with Crippen LogP contribution in [-0.2, 0) is 0 Å². The van der Waals surface area contributed by atoms with Crippen LogP contribution in [0.2, 0.25) is 0 Å². The predicted molar refractivity (Wildman–Crippen MR) is 253 cm³/mol. The highest BCUT2D eigenvalue weighted by Gasteiger charge is 2.22. The van der Waals surface area contributed by atoms with Crippen LogP contribution < -0.4 is 4.90 Å². The molecule has 0 radical (unpaired) electrons. The van der Waals surface area contributed by atoms with Crippen molar-refractivity contribution in [2.45, 2.75) is 0 Å². The molecule has 10 aromatic carbocycles. The number of para-hydroxylation sites is 4. The first-order valence-electron chi connectivity index (χ1n) is 20.5. The second-order valence-electron chi connectivity index (χ2n) is 15.2. The van der Waals surface area contributed by atoms with Crippen molar-refractivity contribution in [2.75, 3.05) is 4.90 Å². The summed E-state index contributed by atoms with van der Waals surface area (Å²) in [5.74, 6) is 0. The molecule has 0 N–H and O–H groups in total. The molecule has 11 aromatic rings. The van der Waals surface area contributed by atoms with Crippen molar-refractivity contribution < 1.29 is 4.42 Å². The Bertz CT molecular complexity index is 3290. The summed E-state index contributed by atoms with van der Waals surface area (Å²) >= 11 is 0. The van der Waals surface area contributed by atoms with Crippen molar-refractivity contribution in [3.05, 3.63) is 237 Å². The van der Waals surface area contributed by atoms with Gasteiger partial charge in [0.2, 0.25) is 0 Å². The molecule has 0 amide bonds. The molecule has 2 nitrogen and oxygen atoms in total. The molecule has 282 valence electrons. The maximum absolute atomic E-state index is 6.49. The lowest BCUT2D eigenvalue weighted by atomic mass is 9.90. The van der Waals surface area contributed by atoms with Gasteiger partial charge in [0.05, 0.1) is 11.4 Å². The van der Waals surface area contributed by atoms with Crippen molar-refractivity contribution in [1.29, 1.82) is 0 Å². The molecule has 1 heterocycles. The van der Waals surface area contributed by atoms with E-state index in [9.17, 15) is 0 Å². The molecule has 0 saturated heterocycles. The maximum Gasteiger partial charge on any atom is 0.143 e. The lowest BCUT2D eigenvalue weighted by molar-refractivity contribution is 0.670. The van der Waals surface area contributed by atoms with E-state index in [-0.39, 0.29) is 0 Å². The Kier molecular flexibility index (Phi) is 8.87. The zero-order chi connectivity index (χ0) is 39.8. The van der Waals surface area contributed by atoms with E-state index in [1.807, 2.05) is 12.1 Å². The molecule has 2 heteroatoms. The summed E-state index contributed by atoms with van der Waals surface area (Å²) in [5.41, 5.74) is 16.7. The van der Waals surface area contributed by atoms with E-state index < -0.39 is 0 Å². The molecule has 1 aromatic heterocycles. The number of benzene rings is 10. The molecule has 60 heavy (non-hydrogen) atoms. The minimum absolute atomic E-state index is 0.900. The van der Waals surface area contributed by atoms with Crippen LogP contribution in [0.5, 0.6) is 0 Å². The summed E-state index contributed by atoms with van der Waals surface area (Å²) in [6.45, 7) is 0. The van der Waals surface area contributed by atoms with Crippen molar-refractivity contribution in [2.24, 2.45) is 0 Å². The molecular weight excluding hydrogens is 727 g/mol. The van der Waals surface area contributed by atoms with Gasteiger partial charge in [-0.3, -0.25) is 0 Å². The molecule has 0 atom stereocenters. The Morgan fingerprint density at radius 3 is 1.50 bits per heavy atom. The molecule has 0 bridgehead atoms. The van der Waals surface area contributed by atoms with E-state index >= 15 is 0 Å². The Morgan fingerprint density at radius 1 is 0.283 bits per heavy atom. The Balaban J connectivity index is 1.11. The van der Waals surface area contributed by atoms with Crippen LogP contribution in [0.15, 0.2) is 241 Å². The van der Waals surface area contributed by atoms with Gasteiger partial charge in [-0.05, 0) is 80.0 Å². The summed E-state index contributed by atoms with van der Waals surface area (Å²) < 4.78 is 6.49. The third-order valence-electron chi connectivity index (χ3n) is 11.7. The van der Waals surface area contributed by atoms with Crippen molar-refractivity contribution in [1.82, 2.24) is 0 Å². The lowest BCUT2D eigenvalue weighted by Crippen LogP contribution is -2.12. The molecule has 0 spiro atoms. The van der Waals surface area contributed by atoms with Crippen molar-refractivity contribution in [3.63, 3.8) is 0 Å². The van der Waals surface area contributed by atoms with Crippen LogP contribution in [-0.4, -0.2) is 0 Å². The number of hydrogen-bond acceptors (Lipinski definition) is 2. The third kappa shape index (κ3) is 6.23. The van der Waals surface area contributed by atoms with Crippen LogP contribution in [0.1, 0.15) is 0 Å². The highest BCUT2D eigenvalue weighted by molar-refractivity contribution is 6.11. The lowest BCUT2D eigenvalue weighted by Gasteiger charge is -2.30. The standard InChI is InChI=1S/C58H39NO/c1-3-16-40(17-4-1)41-32-34-43(35-33-41)47-22-7-10-29-54(47)59(46-38-36-44(37-39-46)49-26-15-28-53-51-24-9-12-31-56(51)60-58(49)53)55-30-11-8-23-50(55)52-27-14-21-45-20-13-25-48(57(45)52)42-18-5-2-6-19-42/h1-39H. The van der Waals surface area contributed by atoms with Gasteiger partial charge >= 0.3 is 0 Å². The highest BCUT2D eigenvalue weighted by Crippen LogP contribution is 2.47. The summed E-state index contributed by atoms with van der Waals surface area (Å²) in [4.78, 5) is 2.44. The minimum Gasteiger partial charge on any atom is -0.455 e. The average molecular weight is 766 g/mol. The first-order chi connectivity index (χ1) is 29.8. The SMILES string of the molecule is c1ccc(-c2ccc(-c3ccccc3N(c3ccc(-c4cccc5c4oc4ccccc45)cc3)c3ccccc3-c3cccc4cccc(-c5ccccc5)c34)cc2)cc1. The van der Waals surface area contributed by atoms with Gasteiger partial charge in [0.15, 0.2) is 0 Å². The fraction of sp³-hybridized carbons (Fsp3) is 0. The fourth-order valence-electron chi connectivity index (χ4n) is 8.88. The van der Waals surface area contributed by atoms with Gasteiger partial charge in [0, 0.05) is 33.2 Å². The summed E-state index contributed by atoms with van der Waals surface area (Å²) in [7, 11) is 0. The van der Waals surface area contributed by atoms with Crippen molar-refractivity contribution in [3.8, 4) is 55.6 Å². The first kappa shape index (κ1) is 35.2. The van der Waals surface area contributed by atoms with Crippen LogP contribution in [0.3, 0.4) is 0 Å². The number of anilines is 3. The van der Waals surface area contributed by atoms with E-state index in [2.05, 4.69) is 229 Å². The number of fused-ring (bicyclic) bond motifs is 4. The molecule has 0 aliphatic rings. The third-order valence-corrected chi connectivity index (χ3v) is 11.7. The van der Waals surface area contributed by atoms with Crippen LogP contribution in [0.4, 0.5) is 17.1 Å². The van der Waals surface area contributed by atoms with E-state index in [1.54, 1.807) is 0 Å². The van der Waals surface area contributed by atoms with Gasteiger partial charge < -0.3 is 9.32 Å². The quantitative estimate of drug-likeness (QED) is 0.153. The highest BCUT2D eigenvalue weighted by atomic mass is 16.3. The number of nitrogens with zero attached hydrogens (tertiary/aromatic N) is 1. The summed E-state index contributed by atoms with van der Waals surface area (Å²) in [6.07, 6.45) is 0. The molecule has 0 aliphatic carbocycles. The second-order valence-corrected chi connectivity index (χ2v) is 15.2. The molecular formula is C58H39NO. The minimum atomic E-state index is 0.900. The smallest absolute Gasteiger partial charge is 0.143 e. The maximum atomic E-state index is 6.49. The molecule has 11 rings (SSSR count). The largest absolute Gasteiger partial charge is 0.455 e. The average Bonchev–Trinajstić information content (AvgIpc) is 3.72. The van der Waals surface area contributed by atoms with Crippen LogP contribution in [0.25, 0.3) is 88.3 Å². The van der Waals surface area contributed by atoms with Gasteiger partial charge in [0.1, 0.15) is 11.2 Å². The van der Waals surface area contributed by atoms with E-state index in [0.717, 1.165) is 66.8 Å². The normalized spacial score (nSPS) is 11.3.